The molecule has 0 radical (unpaired) electrons. The monoisotopic (exact) mass is 536 g/mol. The Labute approximate surface area is 230 Å². The number of benzene rings is 2. The molecule has 0 saturated heterocycles. The minimum absolute atomic E-state index is 0.0351. The van der Waals surface area contributed by atoms with Gasteiger partial charge >= 0.3 is 5.97 Å². The van der Waals surface area contributed by atoms with Crippen LogP contribution in [-0.2, 0) is 30.3 Å². The lowest BCUT2D eigenvalue weighted by Crippen LogP contribution is -2.47. The summed E-state index contributed by atoms with van der Waals surface area (Å²) < 4.78 is 11.6. The Balaban J connectivity index is 1.92. The minimum atomic E-state index is -0.779. The molecule has 0 spiro atoms. The van der Waals surface area contributed by atoms with Crippen LogP contribution in [0.3, 0.4) is 0 Å². The lowest BCUT2D eigenvalue weighted by atomic mass is 9.94. The van der Waals surface area contributed by atoms with Crippen molar-refractivity contribution in [3.8, 4) is 0 Å². The van der Waals surface area contributed by atoms with E-state index < -0.39 is 24.1 Å². The van der Waals surface area contributed by atoms with Crippen molar-refractivity contribution >= 4 is 17.8 Å². The number of methoxy groups -OCH3 is 1. The summed E-state index contributed by atoms with van der Waals surface area (Å²) in [4.78, 5) is 39.7. The summed E-state index contributed by atoms with van der Waals surface area (Å²) in [6.45, 7) is 1.62. The molecule has 210 valence electrons. The van der Waals surface area contributed by atoms with Crippen LogP contribution < -0.4 is 10.6 Å². The Morgan fingerprint density at radius 1 is 1.08 bits per heavy atom. The van der Waals surface area contributed by atoms with E-state index in [1.165, 1.54) is 7.11 Å². The van der Waals surface area contributed by atoms with Crippen LogP contribution in [0.5, 0.6) is 0 Å². The molecule has 0 aromatic heterocycles. The Morgan fingerprint density at radius 2 is 1.77 bits per heavy atom. The molecule has 1 heterocycles. The van der Waals surface area contributed by atoms with Crippen molar-refractivity contribution in [3.63, 3.8) is 0 Å². The van der Waals surface area contributed by atoms with Crippen molar-refractivity contribution in [2.75, 3.05) is 20.3 Å². The van der Waals surface area contributed by atoms with E-state index in [1.54, 1.807) is 6.92 Å². The first kappa shape index (κ1) is 30.1. The van der Waals surface area contributed by atoms with Crippen molar-refractivity contribution in [1.82, 2.24) is 10.6 Å². The summed E-state index contributed by atoms with van der Waals surface area (Å²) in [6.07, 6.45) is 5.16. The predicted molar refractivity (Wildman–Crippen MR) is 149 cm³/mol. The first-order valence-corrected chi connectivity index (χ1v) is 13.5. The maximum absolute atomic E-state index is 13.6. The molecule has 2 aromatic carbocycles. The number of nitrogens with one attached hydrogen (secondary N) is 2. The molecule has 0 fully saturated rings. The molecule has 0 bridgehead atoms. The number of esters is 1. The van der Waals surface area contributed by atoms with Crippen molar-refractivity contribution in [1.29, 1.82) is 0 Å². The number of carbonyl (C=O) groups excluding carboxylic acids is 3. The average Bonchev–Trinajstić information content (AvgIpc) is 2.95. The highest BCUT2D eigenvalue weighted by molar-refractivity contribution is 5.86. The van der Waals surface area contributed by atoms with E-state index in [0.717, 1.165) is 11.1 Å². The molecular formula is C31H40N2O6. The maximum Gasteiger partial charge on any atom is 0.309 e. The van der Waals surface area contributed by atoms with Crippen molar-refractivity contribution < 1.29 is 29.0 Å². The zero-order valence-electron chi connectivity index (χ0n) is 22.8. The van der Waals surface area contributed by atoms with Crippen LogP contribution in [0.1, 0.15) is 49.8 Å². The highest BCUT2D eigenvalue weighted by Crippen LogP contribution is 2.27. The number of amides is 2. The van der Waals surface area contributed by atoms with Gasteiger partial charge < -0.3 is 25.2 Å². The number of carbonyl (C=O) groups is 3. The molecule has 5 atom stereocenters. The van der Waals surface area contributed by atoms with E-state index >= 15 is 0 Å². The zero-order chi connectivity index (χ0) is 28.0. The van der Waals surface area contributed by atoms with Crippen LogP contribution in [-0.4, -0.2) is 55.3 Å². The molecule has 8 heteroatoms. The molecule has 39 heavy (non-hydrogen) atoms. The quantitative estimate of drug-likeness (QED) is 0.334. The molecule has 5 unspecified atom stereocenters. The summed E-state index contributed by atoms with van der Waals surface area (Å²) in [6, 6.07) is 18.1. The third-order valence-electron chi connectivity index (χ3n) is 6.82. The topological polar surface area (TPSA) is 114 Å². The van der Waals surface area contributed by atoms with Crippen LogP contribution in [0, 0.1) is 11.8 Å². The minimum Gasteiger partial charge on any atom is -0.455 e. The van der Waals surface area contributed by atoms with Gasteiger partial charge in [0.15, 0.2) is 0 Å². The first-order valence-electron chi connectivity index (χ1n) is 13.5. The summed E-state index contributed by atoms with van der Waals surface area (Å²) in [7, 11) is 1.53. The van der Waals surface area contributed by atoms with Gasteiger partial charge in [-0.1, -0.05) is 72.8 Å². The van der Waals surface area contributed by atoms with Crippen LogP contribution in [0.25, 0.3) is 0 Å². The molecule has 1 aliphatic rings. The fourth-order valence-electron chi connectivity index (χ4n) is 4.70. The second-order valence-corrected chi connectivity index (χ2v) is 10.1. The fourth-order valence-corrected chi connectivity index (χ4v) is 4.70. The van der Waals surface area contributed by atoms with Gasteiger partial charge in [0.05, 0.1) is 31.1 Å². The summed E-state index contributed by atoms with van der Waals surface area (Å²) >= 11 is 0. The molecule has 2 amide bonds. The second-order valence-electron chi connectivity index (χ2n) is 10.1. The van der Waals surface area contributed by atoms with E-state index in [-0.39, 0.29) is 43.3 Å². The normalized spacial score (nSPS) is 23.4. The number of rotatable bonds is 9. The number of hydrogen-bond donors (Lipinski definition) is 3. The number of aliphatic hydroxyl groups is 1. The van der Waals surface area contributed by atoms with Gasteiger partial charge in [-0.05, 0) is 43.7 Å². The number of hydrogen-bond acceptors (Lipinski definition) is 6. The lowest BCUT2D eigenvalue weighted by Gasteiger charge is -2.30. The van der Waals surface area contributed by atoms with E-state index in [4.69, 9.17) is 9.47 Å². The average molecular weight is 537 g/mol. The summed E-state index contributed by atoms with van der Waals surface area (Å²) in [5.41, 5.74) is 1.79. The largest absolute Gasteiger partial charge is 0.455 e. The Bertz CT molecular complexity index is 1080. The third kappa shape index (κ3) is 9.64. The van der Waals surface area contributed by atoms with Crippen LogP contribution >= 0.6 is 0 Å². The van der Waals surface area contributed by atoms with Crippen molar-refractivity contribution in [3.05, 3.63) is 83.9 Å². The van der Waals surface area contributed by atoms with Gasteiger partial charge in [-0.3, -0.25) is 14.4 Å². The molecular weight excluding hydrogens is 496 g/mol. The highest BCUT2D eigenvalue weighted by Gasteiger charge is 2.33. The van der Waals surface area contributed by atoms with Crippen molar-refractivity contribution in [2.45, 2.75) is 57.2 Å². The van der Waals surface area contributed by atoms with Gasteiger partial charge in [-0.25, -0.2) is 0 Å². The van der Waals surface area contributed by atoms with Gasteiger partial charge in [-0.15, -0.1) is 0 Å². The van der Waals surface area contributed by atoms with Crippen molar-refractivity contribution in [2.24, 2.45) is 11.8 Å². The molecule has 8 nitrogen and oxygen atoms in total. The summed E-state index contributed by atoms with van der Waals surface area (Å²) in [5.74, 6) is -1.98. The molecule has 0 aliphatic carbocycles. The van der Waals surface area contributed by atoms with E-state index in [9.17, 15) is 19.5 Å². The molecule has 2 aromatic rings. The van der Waals surface area contributed by atoms with Crippen LogP contribution in [0.2, 0.25) is 0 Å². The number of cyclic esters (lactones) is 1. The van der Waals surface area contributed by atoms with Crippen LogP contribution in [0.15, 0.2) is 72.8 Å². The number of allylic oxidation sites excluding steroid dienone is 2. The smallest absolute Gasteiger partial charge is 0.309 e. The second kappa shape index (κ2) is 15.8. The molecule has 1 aliphatic heterocycles. The molecule has 3 rings (SSSR count). The van der Waals surface area contributed by atoms with Gasteiger partial charge in [0, 0.05) is 19.6 Å². The van der Waals surface area contributed by atoms with Gasteiger partial charge in [-0.2, -0.15) is 0 Å². The van der Waals surface area contributed by atoms with Gasteiger partial charge in [0.2, 0.25) is 11.8 Å². The van der Waals surface area contributed by atoms with E-state index in [1.807, 2.05) is 72.8 Å². The lowest BCUT2D eigenvalue weighted by molar-refractivity contribution is -0.158. The highest BCUT2D eigenvalue weighted by atomic mass is 16.5. The summed E-state index contributed by atoms with van der Waals surface area (Å²) in [5, 5.41) is 15.0. The fraction of sp³-hybridized carbons (Fsp3) is 0.452. The molecule has 0 saturated carbocycles. The Hall–Kier alpha value is -3.49. The maximum atomic E-state index is 13.6. The number of ether oxygens (including phenoxy) is 2. The zero-order valence-corrected chi connectivity index (χ0v) is 22.8. The van der Waals surface area contributed by atoms with E-state index in [2.05, 4.69) is 10.6 Å². The predicted octanol–water partition coefficient (Wildman–Crippen LogP) is 3.50. The molecule has 3 N–H and O–H groups in total. The van der Waals surface area contributed by atoms with Crippen LogP contribution in [0.4, 0.5) is 0 Å². The SMILES string of the molecule is COCC1NC(=O)C(CC(=O)NC(C)CO)CC=CCCC(Cc2ccccc2)C(=O)OC1c1ccccc1. The van der Waals surface area contributed by atoms with Gasteiger partial charge in [0.25, 0.3) is 0 Å². The van der Waals surface area contributed by atoms with Gasteiger partial charge in [0.1, 0.15) is 6.10 Å². The number of aliphatic hydroxyl groups excluding tert-OH is 1. The first-order chi connectivity index (χ1) is 18.9. The third-order valence-corrected chi connectivity index (χ3v) is 6.82. The van der Waals surface area contributed by atoms with E-state index in [0.29, 0.717) is 25.7 Å². The standard InChI is InChI=1S/C31H40N2O6/c1-22(20-34)32-28(35)19-25-16-10-5-11-17-26(18-23-12-6-3-7-13-23)31(37)39-29(24-14-8-4-9-15-24)27(21-38-2)33-30(25)36/h3-10,12-15,22,25-27,29,34H,11,16-21H2,1-2H3,(H,32,35)(H,33,36). The Kier molecular flexibility index (Phi) is 12.2. The Morgan fingerprint density at radius 3 is 2.44 bits per heavy atom.